The monoisotopic (exact) mass is 428 g/mol. The van der Waals surface area contributed by atoms with Crippen molar-refractivity contribution in [1.29, 1.82) is 0 Å². The number of halogens is 2. The Bertz CT molecular complexity index is 970. The zero-order valence-corrected chi connectivity index (χ0v) is 17.3. The fourth-order valence-corrected chi connectivity index (χ4v) is 4.16. The molecular formula is C23H26F2N4O2. The maximum absolute atomic E-state index is 13.8. The molecule has 2 heterocycles. The highest BCUT2D eigenvalue weighted by molar-refractivity contribution is 6.04. The number of anilines is 3. The first-order chi connectivity index (χ1) is 15.0. The number of amides is 3. The Morgan fingerprint density at radius 3 is 2.23 bits per heavy atom. The molecule has 8 heteroatoms. The number of hydrogen-bond acceptors (Lipinski definition) is 3. The van der Waals surface area contributed by atoms with E-state index in [1.165, 1.54) is 0 Å². The molecule has 0 aliphatic carbocycles. The first-order valence-electron chi connectivity index (χ1n) is 10.7. The number of rotatable bonds is 4. The van der Waals surface area contributed by atoms with Crippen LogP contribution in [0.4, 0.5) is 30.6 Å². The predicted octanol–water partition coefficient (Wildman–Crippen LogP) is 4.84. The summed E-state index contributed by atoms with van der Waals surface area (Å²) in [6, 6.07) is 7.54. The maximum atomic E-state index is 13.8. The van der Waals surface area contributed by atoms with Gasteiger partial charge < -0.3 is 20.4 Å². The molecule has 0 atom stereocenters. The highest BCUT2D eigenvalue weighted by atomic mass is 19.1. The summed E-state index contributed by atoms with van der Waals surface area (Å²) in [5.41, 5.74) is 1.75. The minimum Gasteiger partial charge on any atom is -0.371 e. The first-order valence-corrected chi connectivity index (χ1v) is 10.7. The van der Waals surface area contributed by atoms with Gasteiger partial charge in [0, 0.05) is 43.6 Å². The van der Waals surface area contributed by atoms with E-state index < -0.39 is 17.7 Å². The number of benzene rings is 2. The third-order valence-corrected chi connectivity index (χ3v) is 5.75. The number of hydrogen-bond donors (Lipinski definition) is 2. The molecule has 3 amide bonds. The van der Waals surface area contributed by atoms with Crippen LogP contribution in [0.3, 0.4) is 0 Å². The van der Waals surface area contributed by atoms with Crippen LogP contribution in [0.15, 0.2) is 36.4 Å². The molecule has 31 heavy (non-hydrogen) atoms. The number of likely N-dealkylation sites (tertiary alicyclic amines) is 1. The number of carbonyl (C=O) groups is 2. The van der Waals surface area contributed by atoms with Crippen molar-refractivity contribution in [3.63, 3.8) is 0 Å². The molecule has 4 rings (SSSR count). The third-order valence-electron chi connectivity index (χ3n) is 5.75. The van der Waals surface area contributed by atoms with Gasteiger partial charge in [0.15, 0.2) is 0 Å². The number of piperidine rings is 1. The molecule has 2 aromatic carbocycles. The quantitative estimate of drug-likeness (QED) is 0.733. The largest absolute Gasteiger partial charge is 0.371 e. The fourth-order valence-electron chi connectivity index (χ4n) is 4.16. The Morgan fingerprint density at radius 2 is 1.52 bits per heavy atom. The van der Waals surface area contributed by atoms with Crippen molar-refractivity contribution >= 4 is 29.0 Å². The highest BCUT2D eigenvalue weighted by Gasteiger charge is 2.25. The van der Waals surface area contributed by atoms with Gasteiger partial charge in [-0.2, -0.15) is 0 Å². The van der Waals surface area contributed by atoms with E-state index in [-0.39, 0.29) is 11.6 Å². The summed E-state index contributed by atoms with van der Waals surface area (Å²) in [6.45, 7) is 3.27. The molecule has 0 radical (unpaired) electrons. The van der Waals surface area contributed by atoms with Crippen LogP contribution in [0.25, 0.3) is 0 Å². The van der Waals surface area contributed by atoms with Crippen molar-refractivity contribution in [3.05, 3.63) is 53.6 Å². The Morgan fingerprint density at radius 1 is 0.806 bits per heavy atom. The highest BCUT2D eigenvalue weighted by Crippen LogP contribution is 2.29. The summed E-state index contributed by atoms with van der Waals surface area (Å²) >= 11 is 0. The second-order valence-corrected chi connectivity index (χ2v) is 7.98. The van der Waals surface area contributed by atoms with Gasteiger partial charge >= 0.3 is 6.03 Å². The van der Waals surface area contributed by atoms with Gasteiger partial charge in [0.25, 0.3) is 5.91 Å². The fraction of sp³-hybridized carbons (Fsp3) is 0.391. The molecule has 2 fully saturated rings. The molecular weight excluding hydrogens is 402 g/mol. The van der Waals surface area contributed by atoms with Gasteiger partial charge in [0.2, 0.25) is 0 Å². The van der Waals surface area contributed by atoms with Crippen molar-refractivity contribution in [2.24, 2.45) is 0 Å². The van der Waals surface area contributed by atoms with Gasteiger partial charge in [0.05, 0.1) is 11.3 Å². The van der Waals surface area contributed by atoms with Crippen LogP contribution in [0, 0.1) is 11.6 Å². The average molecular weight is 428 g/mol. The Labute approximate surface area is 180 Å². The summed E-state index contributed by atoms with van der Waals surface area (Å²) < 4.78 is 26.9. The molecule has 6 nitrogen and oxygen atoms in total. The Kier molecular flexibility index (Phi) is 6.34. The number of carbonyl (C=O) groups excluding carboxylic acids is 2. The summed E-state index contributed by atoms with van der Waals surface area (Å²) in [5, 5.41) is 5.02. The zero-order valence-electron chi connectivity index (χ0n) is 17.3. The first kappa shape index (κ1) is 21.1. The van der Waals surface area contributed by atoms with Gasteiger partial charge in [0.1, 0.15) is 11.6 Å². The Balaban J connectivity index is 1.54. The molecule has 2 aliphatic rings. The van der Waals surface area contributed by atoms with E-state index in [2.05, 4.69) is 15.5 Å². The summed E-state index contributed by atoms with van der Waals surface area (Å²) in [5.74, 6) is -1.61. The van der Waals surface area contributed by atoms with Crippen LogP contribution >= 0.6 is 0 Å². The van der Waals surface area contributed by atoms with Crippen molar-refractivity contribution in [1.82, 2.24) is 4.90 Å². The molecule has 0 aromatic heterocycles. The smallest absolute Gasteiger partial charge is 0.323 e. The molecule has 0 unspecified atom stereocenters. The molecule has 2 N–H and O–H groups in total. The SMILES string of the molecule is O=C(Nc1ccc(N2CCCC2)c(C(=O)N2CCCCC2)c1)Nc1ccc(F)cc1F. The summed E-state index contributed by atoms with van der Waals surface area (Å²) in [4.78, 5) is 29.7. The van der Waals surface area contributed by atoms with Gasteiger partial charge in [-0.1, -0.05) is 0 Å². The molecule has 2 aromatic rings. The van der Waals surface area contributed by atoms with E-state index in [9.17, 15) is 18.4 Å². The van der Waals surface area contributed by atoms with E-state index >= 15 is 0 Å². The molecule has 0 saturated carbocycles. The molecule has 0 spiro atoms. The van der Waals surface area contributed by atoms with E-state index in [4.69, 9.17) is 0 Å². The van der Waals surface area contributed by atoms with E-state index in [0.29, 0.717) is 17.3 Å². The summed E-state index contributed by atoms with van der Waals surface area (Å²) in [7, 11) is 0. The Hall–Kier alpha value is -3.16. The minimum absolute atomic E-state index is 0.0322. The number of nitrogens with one attached hydrogen (secondary N) is 2. The van der Waals surface area contributed by atoms with Gasteiger partial charge in [-0.05, 0) is 62.4 Å². The second-order valence-electron chi connectivity index (χ2n) is 7.98. The lowest BCUT2D eigenvalue weighted by Crippen LogP contribution is -2.36. The van der Waals surface area contributed by atoms with E-state index in [0.717, 1.165) is 76.1 Å². The number of urea groups is 1. The second kappa shape index (κ2) is 9.32. The molecule has 164 valence electrons. The van der Waals surface area contributed by atoms with Crippen molar-refractivity contribution < 1.29 is 18.4 Å². The van der Waals surface area contributed by atoms with Gasteiger partial charge in [-0.3, -0.25) is 4.79 Å². The lowest BCUT2D eigenvalue weighted by atomic mass is 10.1. The normalized spacial score (nSPS) is 16.3. The van der Waals surface area contributed by atoms with Crippen LogP contribution in [-0.4, -0.2) is 43.0 Å². The minimum atomic E-state index is -0.861. The standard InChI is InChI=1S/C23H26F2N4O2/c24-16-6-8-20(19(25)14-16)27-23(31)26-17-7-9-21(28-10-4-5-11-28)18(15-17)22(30)29-12-2-1-3-13-29/h6-9,14-15H,1-5,10-13H2,(H2,26,27,31). The lowest BCUT2D eigenvalue weighted by molar-refractivity contribution is 0.0725. The average Bonchev–Trinajstić information content (AvgIpc) is 3.30. The van der Waals surface area contributed by atoms with Crippen LogP contribution in [0.5, 0.6) is 0 Å². The van der Waals surface area contributed by atoms with Crippen molar-refractivity contribution in [2.75, 3.05) is 41.7 Å². The van der Waals surface area contributed by atoms with Crippen LogP contribution in [0.1, 0.15) is 42.5 Å². The van der Waals surface area contributed by atoms with Gasteiger partial charge in [-0.15, -0.1) is 0 Å². The molecule has 2 saturated heterocycles. The van der Waals surface area contributed by atoms with E-state index in [1.54, 1.807) is 12.1 Å². The van der Waals surface area contributed by atoms with Gasteiger partial charge in [-0.25, -0.2) is 13.6 Å². The van der Waals surface area contributed by atoms with Crippen molar-refractivity contribution in [3.8, 4) is 0 Å². The summed E-state index contributed by atoms with van der Waals surface area (Å²) in [6.07, 6.45) is 5.29. The van der Waals surface area contributed by atoms with Crippen LogP contribution < -0.4 is 15.5 Å². The van der Waals surface area contributed by atoms with Crippen molar-refractivity contribution in [2.45, 2.75) is 32.1 Å². The van der Waals surface area contributed by atoms with Crippen LogP contribution in [-0.2, 0) is 0 Å². The third kappa shape index (κ3) is 4.95. The molecule has 0 bridgehead atoms. The number of nitrogens with zero attached hydrogens (tertiary/aromatic N) is 2. The lowest BCUT2D eigenvalue weighted by Gasteiger charge is -2.29. The predicted molar refractivity (Wildman–Crippen MR) is 117 cm³/mol. The molecule has 2 aliphatic heterocycles. The maximum Gasteiger partial charge on any atom is 0.323 e. The van der Waals surface area contributed by atoms with Crippen LogP contribution in [0.2, 0.25) is 0 Å². The topological polar surface area (TPSA) is 64.7 Å². The zero-order chi connectivity index (χ0) is 21.8. The van der Waals surface area contributed by atoms with E-state index in [1.807, 2.05) is 11.0 Å².